The number of thiophene rings is 1. The van der Waals surface area contributed by atoms with Gasteiger partial charge in [0, 0.05) is 37.4 Å². The smallest absolute Gasteiger partial charge is 0.223 e. The van der Waals surface area contributed by atoms with Crippen LogP contribution in [0.25, 0.3) is 0 Å². The minimum atomic E-state index is 0.0562. The van der Waals surface area contributed by atoms with Crippen LogP contribution in [0.3, 0.4) is 0 Å². The van der Waals surface area contributed by atoms with Crippen LogP contribution in [0.1, 0.15) is 24.6 Å². The molecule has 2 heterocycles. The third kappa shape index (κ3) is 4.31. The lowest BCUT2D eigenvalue weighted by atomic mass is 9.96. The van der Waals surface area contributed by atoms with Crippen molar-refractivity contribution < 1.29 is 9.59 Å². The third-order valence-electron chi connectivity index (χ3n) is 3.61. The average Bonchev–Trinajstić information content (AvgIpc) is 2.84. The summed E-state index contributed by atoms with van der Waals surface area (Å²) in [5.74, 6) is 0.289. The van der Waals surface area contributed by atoms with E-state index in [9.17, 15) is 9.59 Å². The molecule has 4 nitrogen and oxygen atoms in total. The van der Waals surface area contributed by atoms with Crippen molar-refractivity contribution in [1.29, 1.82) is 0 Å². The molecule has 0 spiro atoms. The number of halogens is 1. The van der Waals surface area contributed by atoms with E-state index < -0.39 is 0 Å². The lowest BCUT2D eigenvalue weighted by Gasteiger charge is -2.30. The molecule has 1 N–H and O–H groups in total. The van der Waals surface area contributed by atoms with E-state index >= 15 is 0 Å². The molecule has 0 aromatic carbocycles. The molecule has 0 radical (unpaired) electrons. The summed E-state index contributed by atoms with van der Waals surface area (Å²) < 4.78 is 1.12. The Hall–Kier alpha value is -0.880. The molecule has 0 bridgehead atoms. The average molecular weight is 359 g/mol. The third-order valence-corrected chi connectivity index (χ3v) is 5.29. The molecule has 1 fully saturated rings. The molecule has 0 saturated carbocycles. The molecule has 2 amide bonds. The highest BCUT2D eigenvalue weighted by Gasteiger charge is 2.25. The van der Waals surface area contributed by atoms with Crippen LogP contribution in [0, 0.1) is 5.92 Å². The Morgan fingerprint density at radius 2 is 2.10 bits per heavy atom. The van der Waals surface area contributed by atoms with E-state index in [-0.39, 0.29) is 17.7 Å². The van der Waals surface area contributed by atoms with Crippen LogP contribution in [0.15, 0.2) is 15.9 Å². The van der Waals surface area contributed by atoms with Crippen molar-refractivity contribution in [2.45, 2.75) is 26.2 Å². The number of hydrogen-bond acceptors (Lipinski definition) is 3. The summed E-state index contributed by atoms with van der Waals surface area (Å²) in [6.45, 7) is 3.66. The number of carbonyl (C=O) groups excluding carboxylic acids is 2. The topological polar surface area (TPSA) is 49.4 Å². The van der Waals surface area contributed by atoms with E-state index in [4.69, 9.17) is 0 Å². The first kappa shape index (κ1) is 15.5. The van der Waals surface area contributed by atoms with Crippen LogP contribution in [0.5, 0.6) is 0 Å². The zero-order chi connectivity index (χ0) is 14.5. The van der Waals surface area contributed by atoms with E-state index in [1.54, 1.807) is 18.3 Å². The highest BCUT2D eigenvalue weighted by Crippen LogP contribution is 2.22. The van der Waals surface area contributed by atoms with Crippen LogP contribution in [-0.2, 0) is 16.0 Å². The van der Waals surface area contributed by atoms with Gasteiger partial charge in [-0.05, 0) is 47.3 Å². The second-order valence-corrected chi connectivity index (χ2v) is 7.57. The zero-order valence-corrected chi connectivity index (χ0v) is 13.9. The number of nitrogens with one attached hydrogen (secondary N) is 1. The Kier molecular flexibility index (Phi) is 5.60. The summed E-state index contributed by atoms with van der Waals surface area (Å²) in [6.07, 6.45) is 2.42. The molecular weight excluding hydrogens is 340 g/mol. The number of piperidine rings is 1. The van der Waals surface area contributed by atoms with Gasteiger partial charge < -0.3 is 10.2 Å². The molecule has 0 aliphatic carbocycles. The summed E-state index contributed by atoms with van der Waals surface area (Å²) in [7, 11) is 0. The minimum absolute atomic E-state index is 0.0562. The van der Waals surface area contributed by atoms with E-state index in [0.29, 0.717) is 19.6 Å². The number of likely N-dealkylation sites (tertiary alicyclic amines) is 1. The lowest BCUT2D eigenvalue weighted by Crippen LogP contribution is -2.42. The van der Waals surface area contributed by atoms with E-state index in [1.807, 2.05) is 11.0 Å². The maximum atomic E-state index is 12.0. The fraction of sp³-hybridized carbons (Fsp3) is 0.571. The molecule has 0 unspecified atom stereocenters. The second-order valence-electron chi connectivity index (χ2n) is 5.03. The van der Waals surface area contributed by atoms with Crippen LogP contribution in [-0.4, -0.2) is 36.3 Å². The predicted molar refractivity (Wildman–Crippen MR) is 83.7 cm³/mol. The van der Waals surface area contributed by atoms with Gasteiger partial charge in [0.05, 0.1) is 3.79 Å². The van der Waals surface area contributed by atoms with Crippen LogP contribution < -0.4 is 5.32 Å². The summed E-state index contributed by atoms with van der Waals surface area (Å²) in [5, 5.41) is 3.00. The Balaban J connectivity index is 1.69. The standard InChI is InChI=1S/C14H19BrN2O2S/c1-10(18)17-8-5-11(6-9-17)14(19)16-7-4-12-2-3-13(15)20-12/h2-3,11H,4-9H2,1H3,(H,16,19). The van der Waals surface area contributed by atoms with Crippen LogP contribution >= 0.6 is 27.3 Å². The van der Waals surface area contributed by atoms with Gasteiger partial charge in [-0.1, -0.05) is 0 Å². The van der Waals surface area contributed by atoms with Gasteiger partial charge in [0.2, 0.25) is 11.8 Å². The number of rotatable bonds is 4. The van der Waals surface area contributed by atoms with Crippen molar-refractivity contribution in [2.75, 3.05) is 19.6 Å². The first-order chi connectivity index (χ1) is 9.56. The van der Waals surface area contributed by atoms with Gasteiger partial charge in [-0.2, -0.15) is 0 Å². The highest BCUT2D eigenvalue weighted by atomic mass is 79.9. The van der Waals surface area contributed by atoms with Gasteiger partial charge >= 0.3 is 0 Å². The molecule has 0 atom stereocenters. The van der Waals surface area contributed by atoms with E-state index in [2.05, 4.69) is 27.3 Å². The largest absolute Gasteiger partial charge is 0.355 e. The first-order valence-electron chi connectivity index (χ1n) is 6.83. The zero-order valence-electron chi connectivity index (χ0n) is 11.5. The highest BCUT2D eigenvalue weighted by molar-refractivity contribution is 9.11. The number of carbonyl (C=O) groups is 2. The number of nitrogens with zero attached hydrogens (tertiary/aromatic N) is 1. The van der Waals surface area contributed by atoms with Gasteiger partial charge in [0.15, 0.2) is 0 Å². The quantitative estimate of drug-likeness (QED) is 0.898. The maximum absolute atomic E-state index is 12.0. The van der Waals surface area contributed by atoms with Crippen molar-refractivity contribution in [3.05, 3.63) is 20.8 Å². The predicted octanol–water partition coefficient (Wildman–Crippen LogP) is 2.43. The van der Waals surface area contributed by atoms with Gasteiger partial charge in [-0.15, -0.1) is 11.3 Å². The van der Waals surface area contributed by atoms with Crippen molar-refractivity contribution in [1.82, 2.24) is 10.2 Å². The van der Waals surface area contributed by atoms with Gasteiger partial charge in [0.25, 0.3) is 0 Å². The van der Waals surface area contributed by atoms with Gasteiger partial charge in [-0.3, -0.25) is 9.59 Å². The van der Waals surface area contributed by atoms with Crippen molar-refractivity contribution >= 4 is 39.1 Å². The van der Waals surface area contributed by atoms with Crippen molar-refractivity contribution in [3.8, 4) is 0 Å². The van der Waals surface area contributed by atoms with Gasteiger partial charge in [0.1, 0.15) is 0 Å². The van der Waals surface area contributed by atoms with Crippen LogP contribution in [0.4, 0.5) is 0 Å². The van der Waals surface area contributed by atoms with Crippen LogP contribution in [0.2, 0.25) is 0 Å². The maximum Gasteiger partial charge on any atom is 0.223 e. The minimum Gasteiger partial charge on any atom is -0.355 e. The van der Waals surface area contributed by atoms with E-state index in [0.717, 1.165) is 23.0 Å². The molecule has 20 heavy (non-hydrogen) atoms. The Bertz CT molecular complexity index is 481. The van der Waals surface area contributed by atoms with Crippen molar-refractivity contribution in [3.63, 3.8) is 0 Å². The molecule has 1 aromatic heterocycles. The second kappa shape index (κ2) is 7.22. The molecule has 2 rings (SSSR count). The Morgan fingerprint density at radius 3 is 2.65 bits per heavy atom. The lowest BCUT2D eigenvalue weighted by molar-refractivity contribution is -0.133. The molecular formula is C14H19BrN2O2S. The number of amides is 2. The molecule has 1 aliphatic rings. The number of hydrogen-bond donors (Lipinski definition) is 1. The summed E-state index contributed by atoms with van der Waals surface area (Å²) >= 11 is 5.13. The SMILES string of the molecule is CC(=O)N1CCC(C(=O)NCCc2ccc(Br)s2)CC1. The molecule has 1 aliphatic heterocycles. The normalized spacial score (nSPS) is 16.2. The van der Waals surface area contributed by atoms with E-state index in [1.165, 1.54) is 4.88 Å². The molecule has 110 valence electrons. The summed E-state index contributed by atoms with van der Waals surface area (Å²) in [6, 6.07) is 4.10. The summed E-state index contributed by atoms with van der Waals surface area (Å²) in [4.78, 5) is 26.4. The molecule has 1 saturated heterocycles. The fourth-order valence-electron chi connectivity index (χ4n) is 2.40. The first-order valence-corrected chi connectivity index (χ1v) is 8.44. The summed E-state index contributed by atoms with van der Waals surface area (Å²) in [5.41, 5.74) is 0. The molecule has 1 aromatic rings. The van der Waals surface area contributed by atoms with Crippen molar-refractivity contribution in [2.24, 2.45) is 5.92 Å². The Labute approximate surface area is 131 Å². The fourth-order valence-corrected chi connectivity index (χ4v) is 3.88. The molecule has 6 heteroatoms. The van der Waals surface area contributed by atoms with Gasteiger partial charge in [-0.25, -0.2) is 0 Å². The Morgan fingerprint density at radius 1 is 1.40 bits per heavy atom. The monoisotopic (exact) mass is 358 g/mol.